The molecular formula is C19H21N5O3. The lowest BCUT2D eigenvalue weighted by molar-refractivity contribution is 0.122. The van der Waals surface area contributed by atoms with Gasteiger partial charge in [0.05, 0.1) is 37.6 Å². The van der Waals surface area contributed by atoms with E-state index in [1.165, 1.54) is 0 Å². The van der Waals surface area contributed by atoms with Gasteiger partial charge >= 0.3 is 0 Å². The Labute approximate surface area is 156 Å². The highest BCUT2D eigenvalue weighted by atomic mass is 16.5. The minimum Gasteiger partial charge on any atom is -0.488 e. The molecular weight excluding hydrogens is 346 g/mol. The Kier molecular flexibility index (Phi) is 4.35. The molecule has 0 saturated carbocycles. The van der Waals surface area contributed by atoms with Gasteiger partial charge in [-0.05, 0) is 18.2 Å². The van der Waals surface area contributed by atoms with Crippen molar-refractivity contribution in [2.45, 2.75) is 12.5 Å². The molecule has 0 aliphatic carbocycles. The van der Waals surface area contributed by atoms with E-state index in [9.17, 15) is 0 Å². The Morgan fingerprint density at radius 3 is 2.85 bits per heavy atom. The molecule has 1 aromatic carbocycles. The molecule has 3 aromatic rings. The van der Waals surface area contributed by atoms with Gasteiger partial charge in [0.25, 0.3) is 0 Å². The summed E-state index contributed by atoms with van der Waals surface area (Å²) in [4.78, 5) is 11.1. The summed E-state index contributed by atoms with van der Waals surface area (Å²) >= 11 is 0. The molecule has 2 fully saturated rings. The van der Waals surface area contributed by atoms with Gasteiger partial charge in [-0.15, -0.1) is 0 Å². The zero-order valence-corrected chi connectivity index (χ0v) is 14.9. The van der Waals surface area contributed by atoms with Crippen molar-refractivity contribution in [3.63, 3.8) is 0 Å². The first kappa shape index (κ1) is 16.5. The van der Waals surface area contributed by atoms with E-state index in [2.05, 4.69) is 25.1 Å². The van der Waals surface area contributed by atoms with E-state index >= 15 is 0 Å². The number of fused-ring (bicyclic) bond motifs is 1. The normalized spacial score (nSPS) is 20.3. The van der Waals surface area contributed by atoms with E-state index in [4.69, 9.17) is 14.2 Å². The van der Waals surface area contributed by atoms with Crippen molar-refractivity contribution in [1.82, 2.24) is 20.2 Å². The maximum atomic E-state index is 6.04. The molecule has 4 heterocycles. The Morgan fingerprint density at radius 2 is 2.00 bits per heavy atom. The quantitative estimate of drug-likeness (QED) is 0.755. The molecule has 5 rings (SSSR count). The lowest BCUT2D eigenvalue weighted by Crippen LogP contribution is -2.36. The number of rotatable bonds is 4. The summed E-state index contributed by atoms with van der Waals surface area (Å²) in [5.41, 5.74) is 2.54. The van der Waals surface area contributed by atoms with Gasteiger partial charge in [-0.3, -0.25) is 5.10 Å². The second-order valence-corrected chi connectivity index (χ2v) is 6.74. The maximum absolute atomic E-state index is 6.04. The number of hydrogen-bond acceptors (Lipinski definition) is 7. The summed E-state index contributed by atoms with van der Waals surface area (Å²) in [6.45, 7) is 4.51. The van der Waals surface area contributed by atoms with Crippen LogP contribution in [0.2, 0.25) is 0 Å². The fourth-order valence-corrected chi connectivity index (χ4v) is 3.50. The molecule has 1 N–H and O–H groups in total. The Balaban J connectivity index is 1.47. The van der Waals surface area contributed by atoms with Crippen LogP contribution in [-0.4, -0.2) is 65.8 Å². The Morgan fingerprint density at radius 1 is 1.07 bits per heavy atom. The highest BCUT2D eigenvalue weighted by Gasteiger charge is 2.19. The number of hydrogen-bond donors (Lipinski definition) is 1. The Bertz CT molecular complexity index is 932. The standard InChI is InChI=1S/C19H21N5O3/c1-2-16-15(9-13(1)27-14-3-6-26-11-14)19(23-22-16)17-10-18(21-12-20-17)24-4-7-25-8-5-24/h1-2,9-10,12,14H,3-8,11H2,(H,22,23)/t14-/m1/s1. The average Bonchev–Trinajstić information content (AvgIpc) is 3.38. The molecule has 2 saturated heterocycles. The van der Waals surface area contributed by atoms with Gasteiger partial charge in [0, 0.05) is 31.0 Å². The van der Waals surface area contributed by atoms with Crippen LogP contribution in [0.5, 0.6) is 5.75 Å². The monoisotopic (exact) mass is 367 g/mol. The van der Waals surface area contributed by atoms with Crippen molar-refractivity contribution in [2.24, 2.45) is 0 Å². The lowest BCUT2D eigenvalue weighted by atomic mass is 10.1. The van der Waals surface area contributed by atoms with Crippen LogP contribution in [0.3, 0.4) is 0 Å². The molecule has 2 aliphatic rings. The van der Waals surface area contributed by atoms with Gasteiger partial charge in [-0.2, -0.15) is 5.10 Å². The fraction of sp³-hybridized carbons (Fsp3) is 0.421. The van der Waals surface area contributed by atoms with E-state index in [-0.39, 0.29) is 6.10 Å². The van der Waals surface area contributed by atoms with E-state index in [1.807, 2.05) is 24.3 Å². The second kappa shape index (κ2) is 7.13. The average molecular weight is 367 g/mol. The number of aromatic amines is 1. The molecule has 2 aromatic heterocycles. The predicted octanol–water partition coefficient (Wildman–Crippen LogP) is 2.02. The van der Waals surface area contributed by atoms with Crippen molar-refractivity contribution in [3.8, 4) is 17.1 Å². The van der Waals surface area contributed by atoms with Crippen LogP contribution >= 0.6 is 0 Å². The zero-order chi connectivity index (χ0) is 18.1. The summed E-state index contributed by atoms with van der Waals surface area (Å²) in [7, 11) is 0. The third-order valence-electron chi connectivity index (χ3n) is 4.96. The Hall–Kier alpha value is -2.71. The van der Waals surface area contributed by atoms with Crippen molar-refractivity contribution < 1.29 is 14.2 Å². The molecule has 8 nitrogen and oxygen atoms in total. The molecule has 0 unspecified atom stereocenters. The van der Waals surface area contributed by atoms with Gasteiger partial charge in [0.15, 0.2) is 0 Å². The zero-order valence-electron chi connectivity index (χ0n) is 14.9. The smallest absolute Gasteiger partial charge is 0.132 e. The topological polar surface area (TPSA) is 85.4 Å². The van der Waals surface area contributed by atoms with Crippen molar-refractivity contribution >= 4 is 16.7 Å². The van der Waals surface area contributed by atoms with E-state index in [0.717, 1.165) is 73.2 Å². The van der Waals surface area contributed by atoms with E-state index in [1.54, 1.807) is 6.33 Å². The summed E-state index contributed by atoms with van der Waals surface area (Å²) in [5.74, 6) is 1.72. The van der Waals surface area contributed by atoms with Crippen LogP contribution in [-0.2, 0) is 9.47 Å². The van der Waals surface area contributed by atoms with Crippen LogP contribution in [0.15, 0.2) is 30.6 Å². The first-order valence-corrected chi connectivity index (χ1v) is 9.24. The highest BCUT2D eigenvalue weighted by Crippen LogP contribution is 2.30. The van der Waals surface area contributed by atoms with Crippen LogP contribution in [0, 0.1) is 0 Å². The fourth-order valence-electron chi connectivity index (χ4n) is 3.50. The third-order valence-corrected chi connectivity index (χ3v) is 4.96. The van der Waals surface area contributed by atoms with Gasteiger partial charge in [0.2, 0.25) is 0 Å². The van der Waals surface area contributed by atoms with Gasteiger partial charge in [-0.1, -0.05) is 0 Å². The lowest BCUT2D eigenvalue weighted by Gasteiger charge is -2.27. The molecule has 8 heteroatoms. The molecule has 1 atom stereocenters. The number of nitrogens with zero attached hydrogens (tertiary/aromatic N) is 4. The molecule has 140 valence electrons. The van der Waals surface area contributed by atoms with Crippen molar-refractivity contribution in [3.05, 3.63) is 30.6 Å². The third kappa shape index (κ3) is 3.33. The maximum Gasteiger partial charge on any atom is 0.132 e. The molecule has 0 bridgehead atoms. The number of aromatic nitrogens is 4. The summed E-state index contributed by atoms with van der Waals surface area (Å²) < 4.78 is 16.9. The number of morpholine rings is 1. The number of benzene rings is 1. The van der Waals surface area contributed by atoms with Crippen LogP contribution in [0.1, 0.15) is 6.42 Å². The highest BCUT2D eigenvalue weighted by molar-refractivity contribution is 5.93. The minimum atomic E-state index is 0.116. The number of nitrogens with one attached hydrogen (secondary N) is 1. The summed E-state index contributed by atoms with van der Waals surface area (Å²) in [5, 5.41) is 8.55. The molecule has 0 amide bonds. The first-order valence-electron chi connectivity index (χ1n) is 9.24. The van der Waals surface area contributed by atoms with Crippen LogP contribution in [0.4, 0.5) is 5.82 Å². The van der Waals surface area contributed by atoms with Crippen molar-refractivity contribution in [2.75, 3.05) is 44.4 Å². The van der Waals surface area contributed by atoms with Gasteiger partial charge < -0.3 is 19.1 Å². The number of ether oxygens (including phenoxy) is 3. The van der Waals surface area contributed by atoms with E-state index < -0.39 is 0 Å². The largest absolute Gasteiger partial charge is 0.488 e. The first-order chi connectivity index (χ1) is 13.4. The predicted molar refractivity (Wildman–Crippen MR) is 100 cm³/mol. The second-order valence-electron chi connectivity index (χ2n) is 6.74. The van der Waals surface area contributed by atoms with Crippen LogP contribution < -0.4 is 9.64 Å². The van der Waals surface area contributed by atoms with Gasteiger partial charge in [0.1, 0.15) is 29.7 Å². The summed E-state index contributed by atoms with van der Waals surface area (Å²) in [6, 6.07) is 7.95. The molecule has 0 radical (unpaired) electrons. The number of H-pyrrole nitrogens is 1. The summed E-state index contributed by atoms with van der Waals surface area (Å²) in [6.07, 6.45) is 2.63. The number of anilines is 1. The van der Waals surface area contributed by atoms with Crippen LogP contribution in [0.25, 0.3) is 22.3 Å². The molecule has 0 spiro atoms. The van der Waals surface area contributed by atoms with E-state index in [0.29, 0.717) is 6.61 Å². The molecule has 2 aliphatic heterocycles. The molecule has 27 heavy (non-hydrogen) atoms. The minimum absolute atomic E-state index is 0.116. The SMILES string of the molecule is c1nc(-c2n[nH]c3ccc(O[C@@H]4CCOC4)cc23)cc(N2CCOCC2)n1. The van der Waals surface area contributed by atoms with Crippen molar-refractivity contribution in [1.29, 1.82) is 0 Å². The van der Waals surface area contributed by atoms with Gasteiger partial charge in [-0.25, -0.2) is 9.97 Å².